The molecule has 1 unspecified atom stereocenters. The summed E-state index contributed by atoms with van der Waals surface area (Å²) in [6.07, 6.45) is 0.260. The van der Waals surface area contributed by atoms with Crippen molar-refractivity contribution in [1.82, 2.24) is 50.2 Å². The number of nitrogens with zero attached hydrogens (tertiary/aromatic N) is 7. The van der Waals surface area contributed by atoms with Crippen molar-refractivity contribution in [3.63, 3.8) is 0 Å². The first-order chi connectivity index (χ1) is 43.7. The van der Waals surface area contributed by atoms with E-state index in [-0.39, 0.29) is 57.7 Å². The van der Waals surface area contributed by atoms with Gasteiger partial charge in [-0.1, -0.05) is 122 Å². The number of primary amides is 2. The van der Waals surface area contributed by atoms with Gasteiger partial charge in [-0.2, -0.15) is 0 Å². The highest BCUT2D eigenvalue weighted by Gasteiger charge is 2.47. The van der Waals surface area contributed by atoms with Crippen LogP contribution in [0.1, 0.15) is 118 Å². The van der Waals surface area contributed by atoms with Crippen LogP contribution >= 0.6 is 0 Å². The Balaban J connectivity index is 1.64. The van der Waals surface area contributed by atoms with Gasteiger partial charge in [0.1, 0.15) is 67.0 Å². The van der Waals surface area contributed by atoms with E-state index in [9.17, 15) is 53.1 Å². The fourth-order valence-corrected chi connectivity index (χ4v) is 12.5. The van der Waals surface area contributed by atoms with Crippen LogP contribution in [0, 0.1) is 23.7 Å². The molecule has 2 aromatic carbocycles. The zero-order valence-electron chi connectivity index (χ0n) is 56.5. The normalized spacial score (nSPS) is 17.6. The Bertz CT molecular complexity index is 2970. The average molecular weight is 1300 g/mol. The van der Waals surface area contributed by atoms with Crippen molar-refractivity contribution < 1.29 is 72.2 Å². The van der Waals surface area contributed by atoms with Crippen LogP contribution in [0.5, 0.6) is 0 Å². The molecular weight excluding hydrogens is 1200 g/mol. The monoisotopic (exact) mass is 1300 g/mol. The van der Waals surface area contributed by atoms with Crippen LogP contribution in [-0.2, 0) is 79.9 Å². The average Bonchev–Trinajstić information content (AvgIpc) is 1.72. The van der Waals surface area contributed by atoms with E-state index >= 15 is 14.4 Å². The molecule has 27 heteroatoms. The number of nitrogens with one attached hydrogen (secondary N) is 3. The van der Waals surface area contributed by atoms with Gasteiger partial charge in [0.05, 0.1) is 12.8 Å². The Morgan fingerprint density at radius 1 is 0.548 bits per heavy atom. The van der Waals surface area contributed by atoms with E-state index in [1.165, 1.54) is 61.9 Å². The molecule has 514 valence electrons. The van der Waals surface area contributed by atoms with Crippen molar-refractivity contribution in [2.24, 2.45) is 35.1 Å². The van der Waals surface area contributed by atoms with Gasteiger partial charge < -0.3 is 71.6 Å². The highest BCUT2D eigenvalue weighted by Crippen LogP contribution is 2.28. The van der Waals surface area contributed by atoms with Gasteiger partial charge in [0, 0.05) is 68.3 Å². The molecule has 0 saturated carbocycles. The minimum Gasteiger partial charge on any atom is -0.480 e. The summed E-state index contributed by atoms with van der Waals surface area (Å²) in [6, 6.07) is 4.45. The second-order valence-electron chi connectivity index (χ2n) is 25.7. The Kier molecular flexibility index (Phi) is 29.4. The van der Waals surface area contributed by atoms with E-state index in [0.717, 1.165) is 14.7 Å². The minimum atomic E-state index is -1.70. The molecule has 0 aromatic heterocycles. The van der Waals surface area contributed by atoms with Gasteiger partial charge in [-0.25, -0.2) is 4.79 Å². The molecule has 8 N–H and O–H groups in total. The highest BCUT2D eigenvalue weighted by atomic mass is 16.5. The van der Waals surface area contributed by atoms with Gasteiger partial charge in [0.2, 0.25) is 70.9 Å². The van der Waals surface area contributed by atoms with Crippen molar-refractivity contribution in [2.75, 3.05) is 62.0 Å². The number of carboxylic acids is 1. The number of carboxylic acid groups (broad SMARTS) is 1. The van der Waals surface area contributed by atoms with Crippen molar-refractivity contribution in [3.05, 3.63) is 71.8 Å². The summed E-state index contributed by atoms with van der Waals surface area (Å²) in [6.45, 7) is 13.8. The maximum absolute atomic E-state index is 15.2. The number of likely N-dealkylation sites (tertiary alicyclic amines) is 2. The first-order valence-corrected chi connectivity index (χ1v) is 31.9. The van der Waals surface area contributed by atoms with Gasteiger partial charge in [-0.3, -0.25) is 57.5 Å². The molecule has 0 spiro atoms. The fraction of sp³-hybridized carbons (Fsp3) is 0.621. The lowest BCUT2D eigenvalue weighted by atomic mass is 9.92. The molecule has 0 bridgehead atoms. The van der Waals surface area contributed by atoms with E-state index in [4.69, 9.17) is 16.2 Å². The zero-order chi connectivity index (χ0) is 69.9. The Hall–Kier alpha value is -8.49. The van der Waals surface area contributed by atoms with Crippen LogP contribution in [-0.4, -0.2) is 239 Å². The molecule has 93 heavy (non-hydrogen) atoms. The maximum atomic E-state index is 15.2. The molecule has 4 rings (SSSR count). The summed E-state index contributed by atoms with van der Waals surface area (Å²) in [5.74, 6) is -12.6. The fourth-order valence-electron chi connectivity index (χ4n) is 12.5. The Labute approximate surface area is 546 Å². The quantitative estimate of drug-likeness (QED) is 0.0568. The third-order valence-corrected chi connectivity index (χ3v) is 17.6. The molecule has 0 aliphatic carbocycles. The molecule has 2 fully saturated rings. The van der Waals surface area contributed by atoms with Crippen LogP contribution in [0.25, 0.3) is 0 Å². The van der Waals surface area contributed by atoms with E-state index in [2.05, 4.69) is 16.0 Å². The topological polar surface area (TPSA) is 362 Å². The molecule has 27 nitrogen and oxygen atoms in total. The van der Waals surface area contributed by atoms with Crippen molar-refractivity contribution >= 4 is 76.9 Å². The Morgan fingerprint density at radius 2 is 1.00 bits per heavy atom. The third kappa shape index (κ3) is 20.5. The number of hydrogen-bond acceptors (Lipinski definition) is 14. The predicted molar refractivity (Wildman–Crippen MR) is 344 cm³/mol. The van der Waals surface area contributed by atoms with Crippen LogP contribution < -0.4 is 27.4 Å². The number of nitrogens with two attached hydrogens (primary N) is 2. The van der Waals surface area contributed by atoms with Crippen LogP contribution in [0.2, 0.25) is 0 Å². The first-order valence-electron chi connectivity index (χ1n) is 31.9. The Morgan fingerprint density at radius 3 is 1.47 bits per heavy atom. The number of carbonyl (C=O) groups excluding carboxylic acids is 12. The molecule has 2 aromatic rings. The standard InChI is InChI=1S/C66H100N12O15/c1-15-41(8)56(76(13)61(86)50(36-52(68)80)73(10)64(89)54(39(4)5)74(11)59(84)45(69-53(81)37-93-14)33-42-24-18-16-19-25-42)65(90)75(12)55(40(6)7)63(88)72(9)49(32-38(2)3)58(83)70-44(35-51(67)79)57(82)71-46(34-43-26-20-17-21-27-43)60(85)77-30-22-28-47(77)62(87)78-31-23-29-48(78)66(91)92/h16-21,24-27,38-41,44-50,54-56H,15,22-23,28-37H2,1-14H3,(H2,67,79)(H2,68,80)(H,69,81)(H,70,83)(H,71,82)(H,91,92)/t41-,44+,45-,46-,47+,48+,49+,50+,54+,55+,56?/m1/s1. The van der Waals surface area contributed by atoms with E-state index in [1.54, 1.807) is 116 Å². The molecule has 2 heterocycles. The van der Waals surface area contributed by atoms with Gasteiger partial charge >= 0.3 is 5.97 Å². The van der Waals surface area contributed by atoms with Crippen molar-refractivity contribution in [3.8, 4) is 0 Å². The number of benzene rings is 2. The second kappa shape index (κ2) is 35.5. The lowest BCUT2D eigenvalue weighted by molar-refractivity contribution is -0.158. The number of methoxy groups -OCH3 is 1. The first kappa shape index (κ1) is 77.0. The molecule has 11 atom stereocenters. The van der Waals surface area contributed by atoms with Crippen molar-refractivity contribution in [2.45, 2.75) is 180 Å². The summed E-state index contributed by atoms with van der Waals surface area (Å²) in [5, 5.41) is 17.9. The number of hydrogen-bond donors (Lipinski definition) is 6. The minimum absolute atomic E-state index is 0.00175. The number of rotatable bonds is 34. The largest absolute Gasteiger partial charge is 0.480 e. The molecule has 0 radical (unpaired) electrons. The number of likely N-dealkylation sites (N-methyl/N-ethyl adjacent to an activating group) is 5. The molecular formula is C66H100N12O15. The van der Waals surface area contributed by atoms with E-state index in [0.29, 0.717) is 30.4 Å². The summed E-state index contributed by atoms with van der Waals surface area (Å²) in [4.78, 5) is 191. The third-order valence-electron chi connectivity index (χ3n) is 17.6. The van der Waals surface area contributed by atoms with Crippen LogP contribution in [0.3, 0.4) is 0 Å². The van der Waals surface area contributed by atoms with Gasteiger partial charge in [-0.15, -0.1) is 0 Å². The smallest absolute Gasteiger partial charge is 0.326 e. The lowest BCUT2D eigenvalue weighted by Gasteiger charge is -2.42. The number of carbonyl (C=O) groups is 13. The van der Waals surface area contributed by atoms with Gasteiger partial charge in [0.25, 0.3) is 0 Å². The van der Waals surface area contributed by atoms with Crippen LogP contribution in [0.15, 0.2) is 60.7 Å². The number of amides is 12. The summed E-state index contributed by atoms with van der Waals surface area (Å²) >= 11 is 0. The van der Waals surface area contributed by atoms with E-state index < -0.39 is 168 Å². The molecule has 2 aliphatic heterocycles. The molecule has 12 amide bonds. The zero-order valence-corrected chi connectivity index (χ0v) is 56.5. The summed E-state index contributed by atoms with van der Waals surface area (Å²) in [5.41, 5.74) is 12.8. The molecule has 2 aliphatic rings. The van der Waals surface area contributed by atoms with Crippen molar-refractivity contribution in [1.29, 1.82) is 0 Å². The summed E-state index contributed by atoms with van der Waals surface area (Å²) < 4.78 is 5.00. The predicted octanol–water partition coefficient (Wildman–Crippen LogP) is 0.929. The maximum Gasteiger partial charge on any atom is 0.326 e. The van der Waals surface area contributed by atoms with Crippen LogP contribution in [0.4, 0.5) is 0 Å². The SMILES string of the molecule is CC[C@@H](C)C(C(=O)N(C)[C@H](C(=O)N(C)[C@@H](CC(C)C)C(=O)N[C@@H](CC(N)=O)C(=O)N[C@H](Cc1ccccc1)C(=O)N1CCC[C@H]1C(=O)N1CCC[C@H]1C(=O)O)C(C)C)N(C)C(=O)[C@H](CC(N)=O)N(C)C(=O)[C@H](C(C)C)N(C)C(=O)[C@@H](Cc1ccccc1)NC(=O)COC. The van der Waals surface area contributed by atoms with Gasteiger partial charge in [0.15, 0.2) is 0 Å². The van der Waals surface area contributed by atoms with Gasteiger partial charge in [-0.05, 0) is 66.9 Å². The number of ether oxygens (including phenoxy) is 1. The number of aliphatic carboxylic acids is 1. The molecule has 2 saturated heterocycles. The highest BCUT2D eigenvalue weighted by molar-refractivity contribution is 6.00. The second-order valence-corrected chi connectivity index (χ2v) is 25.7. The summed E-state index contributed by atoms with van der Waals surface area (Å²) in [7, 11) is 8.08. The van der Waals surface area contributed by atoms with E-state index in [1.807, 2.05) is 0 Å². The lowest BCUT2D eigenvalue weighted by Crippen LogP contribution is -2.63.